The number of nitrogens with one attached hydrogen (secondary N) is 1. The number of likely N-dealkylation sites (N-methyl/N-ethyl adjacent to an activating group) is 1. The molecule has 0 fully saturated rings. The lowest BCUT2D eigenvalue weighted by Crippen LogP contribution is -2.43. The molecule has 0 saturated heterocycles. The molecule has 1 aliphatic heterocycles. The van der Waals surface area contributed by atoms with Crippen molar-refractivity contribution in [2.24, 2.45) is 5.73 Å². The average molecular weight is 205 g/mol. The maximum Gasteiger partial charge on any atom is 0.245 e. The summed E-state index contributed by atoms with van der Waals surface area (Å²) < 4.78 is 0. The van der Waals surface area contributed by atoms with E-state index < -0.39 is 6.04 Å². The number of nitrogens with two attached hydrogens (primary N) is 1. The number of rotatable bonds is 0. The molecule has 0 saturated carbocycles. The Hall–Kier alpha value is -1.55. The van der Waals surface area contributed by atoms with Gasteiger partial charge in [0.15, 0.2) is 0 Å². The Balaban J connectivity index is 2.47. The highest BCUT2D eigenvalue weighted by atomic mass is 16.2. The predicted molar refractivity (Wildman–Crippen MR) is 61.1 cm³/mol. The number of fused-ring (bicyclic) bond motifs is 1. The molecule has 0 aliphatic carbocycles. The number of hydrogen-bond acceptors (Lipinski definition) is 3. The van der Waals surface area contributed by atoms with Crippen molar-refractivity contribution in [2.45, 2.75) is 13.0 Å². The maximum absolute atomic E-state index is 11.8. The van der Waals surface area contributed by atoms with E-state index in [4.69, 9.17) is 5.73 Å². The van der Waals surface area contributed by atoms with Crippen molar-refractivity contribution in [1.29, 1.82) is 0 Å². The Kier molecular flexibility index (Phi) is 2.36. The fraction of sp³-hybridized carbons (Fsp3) is 0.364. The topological polar surface area (TPSA) is 58.4 Å². The van der Waals surface area contributed by atoms with Gasteiger partial charge in [-0.3, -0.25) is 4.79 Å². The normalized spacial score (nSPS) is 20.6. The summed E-state index contributed by atoms with van der Waals surface area (Å²) in [6.07, 6.45) is 0. The van der Waals surface area contributed by atoms with Gasteiger partial charge in [0.2, 0.25) is 5.91 Å². The van der Waals surface area contributed by atoms with E-state index in [1.165, 1.54) is 0 Å². The number of nitrogens with zero attached hydrogens (tertiary/aromatic N) is 1. The molecule has 15 heavy (non-hydrogen) atoms. The minimum atomic E-state index is -0.470. The third-order valence-electron chi connectivity index (χ3n) is 2.67. The van der Waals surface area contributed by atoms with Gasteiger partial charge in [-0.1, -0.05) is 6.07 Å². The van der Waals surface area contributed by atoms with Crippen molar-refractivity contribution in [2.75, 3.05) is 23.8 Å². The van der Waals surface area contributed by atoms with Gasteiger partial charge in [-0.05, 0) is 24.6 Å². The van der Waals surface area contributed by atoms with Crippen LogP contribution in [0.5, 0.6) is 0 Å². The Bertz CT molecular complexity index is 403. The van der Waals surface area contributed by atoms with Crippen molar-refractivity contribution in [3.8, 4) is 0 Å². The molecule has 0 bridgehead atoms. The first kappa shape index (κ1) is 9.98. The number of carbonyl (C=O) groups is 1. The second-order valence-electron chi connectivity index (χ2n) is 3.91. The van der Waals surface area contributed by atoms with Crippen molar-refractivity contribution in [1.82, 2.24) is 0 Å². The molecule has 0 aromatic heterocycles. The fourth-order valence-corrected chi connectivity index (χ4v) is 1.76. The number of benzene rings is 1. The van der Waals surface area contributed by atoms with Gasteiger partial charge in [0.05, 0.1) is 11.4 Å². The lowest BCUT2D eigenvalue weighted by Gasteiger charge is -2.18. The monoisotopic (exact) mass is 205 g/mol. The summed E-state index contributed by atoms with van der Waals surface area (Å²) in [5.74, 6) is -0.0508. The van der Waals surface area contributed by atoms with Crippen LogP contribution in [0.2, 0.25) is 0 Å². The third kappa shape index (κ3) is 1.68. The number of amides is 1. The highest BCUT2D eigenvalue weighted by Crippen LogP contribution is 2.28. The van der Waals surface area contributed by atoms with Gasteiger partial charge in [0.1, 0.15) is 6.04 Å². The summed E-state index contributed by atoms with van der Waals surface area (Å²) in [5.41, 5.74) is 8.76. The number of aryl methyl sites for hydroxylation is 1. The van der Waals surface area contributed by atoms with Crippen LogP contribution in [0.25, 0.3) is 0 Å². The second kappa shape index (κ2) is 3.55. The summed E-state index contributed by atoms with van der Waals surface area (Å²) in [4.78, 5) is 13.4. The zero-order valence-electron chi connectivity index (χ0n) is 8.95. The highest BCUT2D eigenvalue weighted by molar-refractivity contribution is 6.01. The van der Waals surface area contributed by atoms with E-state index in [1.807, 2.05) is 25.1 Å². The van der Waals surface area contributed by atoms with E-state index in [1.54, 1.807) is 11.9 Å². The van der Waals surface area contributed by atoms with Crippen LogP contribution in [0.1, 0.15) is 5.56 Å². The summed E-state index contributed by atoms with van der Waals surface area (Å²) in [6, 6.07) is 5.48. The molecule has 0 spiro atoms. The molecule has 1 atom stereocenters. The lowest BCUT2D eigenvalue weighted by atomic mass is 10.2. The molecule has 4 nitrogen and oxygen atoms in total. The van der Waals surface area contributed by atoms with Gasteiger partial charge in [-0.15, -0.1) is 0 Å². The van der Waals surface area contributed by atoms with Gasteiger partial charge >= 0.3 is 0 Å². The Labute approximate surface area is 89.1 Å². The first-order valence-corrected chi connectivity index (χ1v) is 4.97. The van der Waals surface area contributed by atoms with Crippen LogP contribution in [0.3, 0.4) is 0 Å². The molecule has 1 heterocycles. The Morgan fingerprint density at radius 2 is 2.27 bits per heavy atom. The standard InChI is InChI=1S/C11H15N3O/c1-7-3-4-10-9(5-7)13-6-8(12)11(15)14(10)2/h3-5,8,13H,6,12H2,1-2H3. The van der Waals surface area contributed by atoms with Gasteiger partial charge in [-0.2, -0.15) is 0 Å². The van der Waals surface area contributed by atoms with Crippen molar-refractivity contribution in [3.05, 3.63) is 23.8 Å². The molecule has 1 amide bonds. The van der Waals surface area contributed by atoms with Crippen LogP contribution >= 0.6 is 0 Å². The van der Waals surface area contributed by atoms with E-state index in [0.717, 1.165) is 16.9 Å². The molecule has 4 heteroatoms. The molecule has 3 N–H and O–H groups in total. The minimum absolute atomic E-state index is 0.0508. The smallest absolute Gasteiger partial charge is 0.245 e. The van der Waals surface area contributed by atoms with Gasteiger partial charge in [0, 0.05) is 13.6 Å². The zero-order valence-corrected chi connectivity index (χ0v) is 8.95. The molecule has 1 aliphatic rings. The number of anilines is 2. The van der Waals surface area contributed by atoms with Crippen molar-refractivity contribution < 1.29 is 4.79 Å². The van der Waals surface area contributed by atoms with Crippen LogP contribution < -0.4 is 16.0 Å². The third-order valence-corrected chi connectivity index (χ3v) is 2.67. The quantitative estimate of drug-likeness (QED) is 0.656. The van der Waals surface area contributed by atoms with Crippen LogP contribution in [-0.2, 0) is 4.79 Å². The lowest BCUT2D eigenvalue weighted by molar-refractivity contribution is -0.119. The van der Waals surface area contributed by atoms with Crippen molar-refractivity contribution >= 4 is 17.3 Å². The maximum atomic E-state index is 11.8. The van der Waals surface area contributed by atoms with E-state index in [9.17, 15) is 4.79 Å². The van der Waals surface area contributed by atoms with Gasteiger partial charge in [0.25, 0.3) is 0 Å². The molecular formula is C11H15N3O. The van der Waals surface area contributed by atoms with Crippen molar-refractivity contribution in [3.63, 3.8) is 0 Å². The first-order valence-electron chi connectivity index (χ1n) is 4.97. The molecule has 2 rings (SSSR count). The molecule has 1 aromatic carbocycles. The number of carbonyl (C=O) groups excluding carboxylic acids is 1. The van der Waals surface area contributed by atoms with Crippen LogP contribution in [0.4, 0.5) is 11.4 Å². The molecule has 1 unspecified atom stereocenters. The van der Waals surface area contributed by atoms with Gasteiger partial charge < -0.3 is 16.0 Å². The molecule has 1 aromatic rings. The first-order chi connectivity index (χ1) is 7.09. The fourth-order valence-electron chi connectivity index (χ4n) is 1.76. The number of hydrogen-bond donors (Lipinski definition) is 2. The van der Waals surface area contributed by atoms with E-state index in [0.29, 0.717) is 6.54 Å². The van der Waals surface area contributed by atoms with E-state index >= 15 is 0 Å². The van der Waals surface area contributed by atoms with Crippen LogP contribution in [0, 0.1) is 6.92 Å². The Morgan fingerprint density at radius 3 is 3.00 bits per heavy atom. The predicted octanol–water partition coefficient (Wildman–Crippen LogP) is 0.711. The van der Waals surface area contributed by atoms with Crippen LogP contribution in [-0.4, -0.2) is 25.5 Å². The van der Waals surface area contributed by atoms with Gasteiger partial charge in [-0.25, -0.2) is 0 Å². The minimum Gasteiger partial charge on any atom is -0.381 e. The van der Waals surface area contributed by atoms with Crippen LogP contribution in [0.15, 0.2) is 18.2 Å². The molecule has 80 valence electrons. The molecule has 0 radical (unpaired) electrons. The second-order valence-corrected chi connectivity index (χ2v) is 3.91. The van der Waals surface area contributed by atoms with E-state index in [2.05, 4.69) is 5.32 Å². The average Bonchev–Trinajstić information content (AvgIpc) is 2.32. The SMILES string of the molecule is Cc1ccc2c(c1)NCC(N)C(=O)N2C. The summed E-state index contributed by atoms with van der Waals surface area (Å²) in [7, 11) is 1.75. The largest absolute Gasteiger partial charge is 0.381 e. The van der Waals surface area contributed by atoms with E-state index in [-0.39, 0.29) is 5.91 Å². The summed E-state index contributed by atoms with van der Waals surface area (Å²) in [5, 5.41) is 3.19. The molecular weight excluding hydrogens is 190 g/mol. The summed E-state index contributed by atoms with van der Waals surface area (Å²) in [6.45, 7) is 2.51. The Morgan fingerprint density at radius 1 is 1.53 bits per heavy atom. The summed E-state index contributed by atoms with van der Waals surface area (Å²) >= 11 is 0. The highest BCUT2D eigenvalue weighted by Gasteiger charge is 2.24. The zero-order chi connectivity index (χ0) is 11.0.